The van der Waals surface area contributed by atoms with Gasteiger partial charge in [0.05, 0.1) is 18.2 Å². The molecule has 23 heavy (non-hydrogen) atoms. The fraction of sp³-hybridized carbons (Fsp3) is 0.222. The summed E-state index contributed by atoms with van der Waals surface area (Å²) in [6, 6.07) is 14.3. The third-order valence-corrected chi connectivity index (χ3v) is 4.02. The summed E-state index contributed by atoms with van der Waals surface area (Å²) in [7, 11) is 0. The Morgan fingerprint density at radius 1 is 1.17 bits per heavy atom. The van der Waals surface area contributed by atoms with Gasteiger partial charge in [0.15, 0.2) is 0 Å². The zero-order valence-electron chi connectivity index (χ0n) is 12.7. The fourth-order valence-electron chi connectivity index (χ4n) is 2.79. The Bertz CT molecular complexity index is 742. The Labute approximate surface area is 134 Å². The summed E-state index contributed by atoms with van der Waals surface area (Å²) >= 11 is 0. The van der Waals surface area contributed by atoms with Crippen molar-refractivity contribution in [1.82, 2.24) is 4.90 Å². The maximum absolute atomic E-state index is 12.1. The molecule has 1 N–H and O–H groups in total. The van der Waals surface area contributed by atoms with Gasteiger partial charge in [-0.1, -0.05) is 36.4 Å². The van der Waals surface area contributed by atoms with Crippen LogP contribution in [0.2, 0.25) is 0 Å². The van der Waals surface area contributed by atoms with E-state index in [0.717, 1.165) is 11.1 Å². The fourth-order valence-corrected chi connectivity index (χ4v) is 2.79. The first kappa shape index (κ1) is 15.1. The standard InChI is InChI=1S/C18H17NO4/c1-12(20)19-10-15-8-7-14(18(21)22)9-17(15)23-11-16(19)13-5-3-2-4-6-13/h2-9,16H,10-11H2,1H3,(H,21,22). The van der Waals surface area contributed by atoms with E-state index in [9.17, 15) is 9.59 Å². The second-order valence-electron chi connectivity index (χ2n) is 5.51. The molecule has 0 radical (unpaired) electrons. The van der Waals surface area contributed by atoms with Gasteiger partial charge in [0.25, 0.3) is 0 Å². The van der Waals surface area contributed by atoms with E-state index in [-0.39, 0.29) is 17.5 Å². The minimum absolute atomic E-state index is 0.0439. The summed E-state index contributed by atoms with van der Waals surface area (Å²) in [5, 5.41) is 9.11. The summed E-state index contributed by atoms with van der Waals surface area (Å²) in [4.78, 5) is 25.0. The molecule has 5 nitrogen and oxygen atoms in total. The molecule has 118 valence electrons. The topological polar surface area (TPSA) is 66.8 Å². The number of carbonyl (C=O) groups excluding carboxylic acids is 1. The van der Waals surface area contributed by atoms with Gasteiger partial charge in [0.2, 0.25) is 5.91 Å². The van der Waals surface area contributed by atoms with Crippen LogP contribution < -0.4 is 4.74 Å². The van der Waals surface area contributed by atoms with Crippen LogP contribution in [0.5, 0.6) is 5.75 Å². The van der Waals surface area contributed by atoms with Crippen molar-refractivity contribution in [1.29, 1.82) is 0 Å². The average Bonchev–Trinajstić information content (AvgIpc) is 2.74. The number of benzene rings is 2. The molecule has 1 aliphatic heterocycles. The predicted octanol–water partition coefficient (Wildman–Crippen LogP) is 2.87. The summed E-state index contributed by atoms with van der Waals surface area (Å²) in [6.45, 7) is 2.22. The van der Waals surface area contributed by atoms with Crippen molar-refractivity contribution in [3.8, 4) is 5.75 Å². The van der Waals surface area contributed by atoms with Crippen molar-refractivity contribution in [3.05, 3.63) is 65.2 Å². The lowest BCUT2D eigenvalue weighted by atomic mass is 10.1. The summed E-state index contributed by atoms with van der Waals surface area (Å²) < 4.78 is 5.83. The van der Waals surface area contributed by atoms with Crippen molar-refractivity contribution in [2.45, 2.75) is 19.5 Å². The minimum Gasteiger partial charge on any atom is -0.491 e. The van der Waals surface area contributed by atoms with E-state index in [0.29, 0.717) is 18.9 Å². The first-order valence-corrected chi connectivity index (χ1v) is 7.37. The Morgan fingerprint density at radius 3 is 2.57 bits per heavy atom. The molecule has 1 aliphatic rings. The number of carbonyl (C=O) groups is 2. The lowest BCUT2D eigenvalue weighted by Gasteiger charge is -2.28. The third-order valence-electron chi connectivity index (χ3n) is 4.02. The van der Waals surface area contributed by atoms with Crippen molar-refractivity contribution in [2.75, 3.05) is 6.61 Å². The zero-order valence-corrected chi connectivity index (χ0v) is 12.7. The molecule has 1 heterocycles. The Balaban J connectivity index is 1.98. The number of fused-ring (bicyclic) bond motifs is 1. The summed E-state index contributed by atoms with van der Waals surface area (Å²) in [5.41, 5.74) is 1.98. The van der Waals surface area contributed by atoms with Crippen LogP contribution in [0.1, 0.15) is 34.5 Å². The molecular formula is C18H17NO4. The molecule has 0 spiro atoms. The molecule has 0 aromatic heterocycles. The van der Waals surface area contributed by atoms with Crippen molar-refractivity contribution < 1.29 is 19.4 Å². The normalized spacial score (nSPS) is 16.9. The largest absolute Gasteiger partial charge is 0.491 e. The number of aromatic carboxylic acids is 1. The Kier molecular flexibility index (Phi) is 4.02. The molecular weight excluding hydrogens is 294 g/mol. The molecule has 0 saturated carbocycles. The molecule has 1 amide bonds. The Morgan fingerprint density at radius 2 is 1.91 bits per heavy atom. The number of amides is 1. The van der Waals surface area contributed by atoms with Crippen LogP contribution in [0.3, 0.4) is 0 Å². The van der Waals surface area contributed by atoms with Gasteiger partial charge in [-0.15, -0.1) is 0 Å². The van der Waals surface area contributed by atoms with Gasteiger partial charge < -0.3 is 14.7 Å². The van der Waals surface area contributed by atoms with E-state index in [2.05, 4.69) is 0 Å². The van der Waals surface area contributed by atoms with Gasteiger partial charge in [-0.25, -0.2) is 4.79 Å². The zero-order chi connectivity index (χ0) is 16.4. The van der Waals surface area contributed by atoms with E-state index >= 15 is 0 Å². The Hall–Kier alpha value is -2.82. The van der Waals surface area contributed by atoms with Crippen LogP contribution in [0.15, 0.2) is 48.5 Å². The second kappa shape index (κ2) is 6.12. The van der Waals surface area contributed by atoms with Gasteiger partial charge in [0, 0.05) is 12.5 Å². The van der Waals surface area contributed by atoms with E-state index < -0.39 is 5.97 Å². The van der Waals surface area contributed by atoms with Crippen LogP contribution >= 0.6 is 0 Å². The van der Waals surface area contributed by atoms with Crippen LogP contribution in [0.25, 0.3) is 0 Å². The third kappa shape index (κ3) is 3.04. The number of nitrogens with zero attached hydrogens (tertiary/aromatic N) is 1. The molecule has 0 aliphatic carbocycles. The molecule has 1 atom stereocenters. The van der Waals surface area contributed by atoms with Crippen LogP contribution in [-0.4, -0.2) is 28.5 Å². The average molecular weight is 311 g/mol. The highest BCUT2D eigenvalue weighted by Gasteiger charge is 2.28. The first-order valence-electron chi connectivity index (χ1n) is 7.37. The number of hydrogen-bond acceptors (Lipinski definition) is 3. The van der Waals surface area contributed by atoms with Gasteiger partial charge in [-0.2, -0.15) is 0 Å². The highest BCUT2D eigenvalue weighted by atomic mass is 16.5. The van der Waals surface area contributed by atoms with Crippen LogP contribution in [0.4, 0.5) is 0 Å². The minimum atomic E-state index is -0.997. The molecule has 2 aromatic rings. The molecule has 2 aromatic carbocycles. The summed E-state index contributed by atoms with van der Waals surface area (Å²) in [6.07, 6.45) is 0. The highest BCUT2D eigenvalue weighted by Crippen LogP contribution is 2.32. The molecule has 0 saturated heterocycles. The monoisotopic (exact) mass is 311 g/mol. The van der Waals surface area contributed by atoms with Gasteiger partial charge >= 0.3 is 5.97 Å². The van der Waals surface area contributed by atoms with Crippen molar-refractivity contribution >= 4 is 11.9 Å². The maximum atomic E-state index is 12.1. The number of carboxylic acids is 1. The summed E-state index contributed by atoms with van der Waals surface area (Å²) in [5.74, 6) is -0.518. The van der Waals surface area contributed by atoms with E-state index in [1.807, 2.05) is 30.3 Å². The molecule has 1 unspecified atom stereocenters. The molecule has 0 fully saturated rings. The quantitative estimate of drug-likeness (QED) is 0.926. The van der Waals surface area contributed by atoms with E-state index in [1.165, 1.54) is 19.1 Å². The lowest BCUT2D eigenvalue weighted by molar-refractivity contribution is -0.132. The number of ether oxygens (including phenoxy) is 1. The molecule has 5 heteroatoms. The first-order chi connectivity index (χ1) is 11.1. The molecule has 0 bridgehead atoms. The highest BCUT2D eigenvalue weighted by molar-refractivity contribution is 5.88. The lowest BCUT2D eigenvalue weighted by Crippen LogP contribution is -2.34. The maximum Gasteiger partial charge on any atom is 0.335 e. The van der Waals surface area contributed by atoms with Crippen molar-refractivity contribution in [3.63, 3.8) is 0 Å². The van der Waals surface area contributed by atoms with E-state index in [1.54, 1.807) is 11.0 Å². The SMILES string of the molecule is CC(=O)N1Cc2ccc(C(=O)O)cc2OCC1c1ccccc1. The predicted molar refractivity (Wildman–Crippen MR) is 84.3 cm³/mol. The second-order valence-corrected chi connectivity index (χ2v) is 5.51. The number of carboxylic acid groups (broad SMARTS) is 1. The van der Waals surface area contributed by atoms with Crippen LogP contribution in [0, 0.1) is 0 Å². The van der Waals surface area contributed by atoms with Gasteiger partial charge in [-0.05, 0) is 17.7 Å². The van der Waals surface area contributed by atoms with E-state index in [4.69, 9.17) is 9.84 Å². The van der Waals surface area contributed by atoms with Gasteiger partial charge in [-0.3, -0.25) is 4.79 Å². The smallest absolute Gasteiger partial charge is 0.335 e. The van der Waals surface area contributed by atoms with Crippen LogP contribution in [-0.2, 0) is 11.3 Å². The number of rotatable bonds is 2. The molecule has 3 rings (SSSR count). The van der Waals surface area contributed by atoms with Crippen molar-refractivity contribution in [2.24, 2.45) is 0 Å². The van der Waals surface area contributed by atoms with Gasteiger partial charge in [0.1, 0.15) is 12.4 Å². The number of hydrogen-bond donors (Lipinski definition) is 1.